The van der Waals surface area contributed by atoms with Crippen molar-refractivity contribution in [3.63, 3.8) is 0 Å². The fourth-order valence-corrected chi connectivity index (χ4v) is 6.02. The van der Waals surface area contributed by atoms with Gasteiger partial charge in [0.1, 0.15) is 23.8 Å². The number of amides is 2. The van der Waals surface area contributed by atoms with Gasteiger partial charge in [0.2, 0.25) is 11.5 Å². The van der Waals surface area contributed by atoms with E-state index >= 15 is 0 Å². The number of thioether (sulfide) groups is 1. The third-order valence-electron chi connectivity index (χ3n) is 5.65. The Morgan fingerprint density at radius 3 is 2.76 bits per heavy atom. The summed E-state index contributed by atoms with van der Waals surface area (Å²) in [4.78, 5) is 54.8. The number of fused-ring (bicyclic) bond motifs is 1. The Balaban J connectivity index is 1.68. The molecule has 1 aromatic rings. The van der Waals surface area contributed by atoms with Crippen molar-refractivity contribution in [2.75, 3.05) is 25.1 Å². The van der Waals surface area contributed by atoms with E-state index < -0.39 is 34.9 Å². The van der Waals surface area contributed by atoms with Crippen LogP contribution in [-0.2, 0) is 19.2 Å². The number of guanidine groups is 1. The number of nitrogens with two attached hydrogens (primary N) is 3. The minimum absolute atomic E-state index is 0.0951. The number of allylic oxidation sites excluding steroid dienone is 1. The van der Waals surface area contributed by atoms with Crippen LogP contribution in [0.4, 0.5) is 5.13 Å². The Hall–Kier alpha value is -3.61. The van der Waals surface area contributed by atoms with Crippen LogP contribution in [0.2, 0.25) is 0 Å². The van der Waals surface area contributed by atoms with Gasteiger partial charge in [0.15, 0.2) is 16.6 Å². The number of aliphatic imine (C=N–C) groups is 1. The first kappa shape index (κ1) is 26.5. The van der Waals surface area contributed by atoms with Gasteiger partial charge in [0, 0.05) is 35.3 Å². The van der Waals surface area contributed by atoms with E-state index in [1.54, 1.807) is 20.0 Å². The number of β-lactam (4-membered cyclic amide) rings is 1. The number of nitrogens with one attached hydrogen (secondary N) is 1. The summed E-state index contributed by atoms with van der Waals surface area (Å²) < 4.78 is 3.97. The van der Waals surface area contributed by atoms with Gasteiger partial charge < -0.3 is 37.4 Å². The molecule has 1 unspecified atom stereocenters. The minimum atomic E-state index is -1.71. The van der Waals surface area contributed by atoms with Gasteiger partial charge in [0.05, 0.1) is 5.70 Å². The van der Waals surface area contributed by atoms with Gasteiger partial charge in [-0.15, -0.1) is 11.8 Å². The van der Waals surface area contributed by atoms with Crippen LogP contribution in [0, 0.1) is 0 Å². The third kappa shape index (κ3) is 4.41. The molecule has 3 aliphatic rings. The van der Waals surface area contributed by atoms with Crippen LogP contribution in [-0.4, -0.2) is 95.6 Å². The second kappa shape index (κ2) is 10.0. The molecule has 3 atom stereocenters. The highest BCUT2D eigenvalue weighted by molar-refractivity contribution is 8.00. The van der Waals surface area contributed by atoms with Gasteiger partial charge >= 0.3 is 5.97 Å². The molecule has 1 saturated heterocycles. The van der Waals surface area contributed by atoms with E-state index in [0.29, 0.717) is 0 Å². The number of carboxylic acids is 1. The van der Waals surface area contributed by atoms with Crippen LogP contribution < -0.4 is 22.5 Å². The number of carbonyl (C=O) groups excluding carboxylic acids is 2. The molecule has 0 bridgehead atoms. The van der Waals surface area contributed by atoms with Crippen molar-refractivity contribution in [3.8, 4) is 0 Å². The molecule has 0 spiro atoms. The maximum atomic E-state index is 13.5. The fourth-order valence-electron chi connectivity index (χ4n) is 3.76. The van der Waals surface area contributed by atoms with Crippen molar-refractivity contribution in [1.29, 1.82) is 0 Å². The lowest BCUT2D eigenvalue weighted by molar-refractivity contribution is -0.153. The number of anilines is 1. The van der Waals surface area contributed by atoms with Gasteiger partial charge in [-0.05, 0) is 13.0 Å². The molecule has 196 valence electrons. The first-order valence-corrected chi connectivity index (χ1v) is 12.9. The fraction of sp³-hybridized carbons (Fsp3) is 0.368. The first-order valence-electron chi connectivity index (χ1n) is 10.6. The molecule has 1 aromatic heterocycles. The molecule has 4 rings (SSSR count). The zero-order valence-electron chi connectivity index (χ0n) is 19.4. The monoisotopic (exact) mass is 566 g/mol. The molecular formula is C19H22N10O5S3. The Labute approximate surface area is 223 Å². The van der Waals surface area contributed by atoms with Crippen molar-refractivity contribution < 1.29 is 24.3 Å². The molecule has 3 aliphatic heterocycles. The van der Waals surface area contributed by atoms with E-state index in [0.717, 1.165) is 21.8 Å². The van der Waals surface area contributed by atoms with E-state index in [1.807, 2.05) is 0 Å². The largest absolute Gasteiger partial charge is 0.477 e. The van der Waals surface area contributed by atoms with Gasteiger partial charge in [-0.1, -0.05) is 17.4 Å². The number of nitrogen functional groups attached to an aromatic ring is 1. The number of aromatic nitrogens is 2. The molecule has 8 N–H and O–H groups in total. The number of oxime groups is 1. The minimum Gasteiger partial charge on any atom is -0.477 e. The number of likely N-dealkylation sites (N-methyl/N-ethyl adjacent to an activating group) is 1. The Morgan fingerprint density at radius 2 is 2.19 bits per heavy atom. The maximum absolute atomic E-state index is 13.5. The number of thiocarbonyl (C=S) groups is 1. The van der Waals surface area contributed by atoms with Crippen LogP contribution in [0.25, 0.3) is 0 Å². The molecule has 0 aliphatic carbocycles. The zero-order valence-corrected chi connectivity index (χ0v) is 21.9. The van der Waals surface area contributed by atoms with E-state index in [4.69, 9.17) is 34.3 Å². The molecule has 4 heterocycles. The molecule has 18 heteroatoms. The number of carboxylic acid groups (broad SMARTS) is 1. The van der Waals surface area contributed by atoms with E-state index in [9.17, 15) is 19.5 Å². The van der Waals surface area contributed by atoms with Crippen molar-refractivity contribution >= 4 is 75.5 Å². The molecule has 37 heavy (non-hydrogen) atoms. The topological polar surface area (TPSA) is 228 Å². The molecule has 15 nitrogen and oxygen atoms in total. The predicted octanol–water partition coefficient (Wildman–Crippen LogP) is -1.60. The van der Waals surface area contributed by atoms with Gasteiger partial charge in [0.25, 0.3) is 11.8 Å². The third-order valence-corrected chi connectivity index (χ3v) is 7.92. The predicted molar refractivity (Wildman–Crippen MR) is 140 cm³/mol. The molecule has 0 aromatic carbocycles. The van der Waals surface area contributed by atoms with Crippen molar-refractivity contribution in [2.45, 2.75) is 24.0 Å². The summed E-state index contributed by atoms with van der Waals surface area (Å²) in [6.45, 7) is 1.81. The summed E-state index contributed by atoms with van der Waals surface area (Å²) in [5.74, 6) is -2.83. The molecule has 1 fully saturated rings. The highest BCUT2D eigenvalue weighted by Crippen LogP contribution is 2.47. The normalized spacial score (nSPS) is 25.6. The standard InChI is InChI=1S/C19H22N10O5S3/c1-3-34-26-10(12-24-18(22)37-27-12)13(30)25-19(6-35)15(33)29-11(14(31)32)7(5-36-16(19)29)8-4-9(20)28(2)17(21)23-8/h4,6,9,16H,3,5,20H2,1-2H3,(H2,21,23)(H,25,30)(H,31,32)(H2,22,24,27)/b26-10-/t9?,16-,19+/m1/s1. The number of hydrogen-bond donors (Lipinski definition) is 5. The molecule has 0 saturated carbocycles. The molecule has 0 radical (unpaired) electrons. The van der Waals surface area contributed by atoms with Crippen LogP contribution in [0.1, 0.15) is 12.7 Å². The van der Waals surface area contributed by atoms with Gasteiger partial charge in [-0.3, -0.25) is 14.5 Å². The quantitative estimate of drug-likeness (QED) is 0.103. The Morgan fingerprint density at radius 1 is 1.46 bits per heavy atom. The second-order valence-electron chi connectivity index (χ2n) is 7.85. The highest BCUT2D eigenvalue weighted by atomic mass is 32.2. The molecule has 2 amide bonds. The van der Waals surface area contributed by atoms with Crippen LogP contribution in [0.15, 0.2) is 33.2 Å². The van der Waals surface area contributed by atoms with Crippen molar-refractivity contribution in [2.24, 2.45) is 21.6 Å². The summed E-state index contributed by atoms with van der Waals surface area (Å²) in [7, 11) is 1.64. The lowest BCUT2D eigenvalue weighted by Crippen LogP contribution is -2.81. The number of carbonyl (C=O) groups is 3. The summed E-state index contributed by atoms with van der Waals surface area (Å²) in [5, 5.41) is 16.7. The summed E-state index contributed by atoms with van der Waals surface area (Å²) in [5.41, 5.74) is 15.8. The SMILES string of the molecule is CCO/N=C(\C(=O)N[C@@]1(C=S)C(=O)N2C(C(=O)O)=C(C3=CC(N)N(C)C(N)=N3)CS[C@@H]21)c1nsc(N)n1. The average Bonchev–Trinajstić information content (AvgIpc) is 3.30. The number of aliphatic carboxylic acids is 1. The number of nitrogens with zero attached hydrogens (tertiary/aromatic N) is 6. The smallest absolute Gasteiger partial charge is 0.353 e. The number of hydrogen-bond acceptors (Lipinski definition) is 15. The van der Waals surface area contributed by atoms with Crippen LogP contribution >= 0.6 is 35.5 Å². The summed E-state index contributed by atoms with van der Waals surface area (Å²) in [6.07, 6.45) is 0.914. The van der Waals surface area contributed by atoms with E-state index in [2.05, 4.69) is 24.8 Å². The molecular weight excluding hydrogens is 544 g/mol. The first-order chi connectivity index (χ1) is 17.5. The van der Waals surface area contributed by atoms with Gasteiger partial charge in [-0.25, -0.2) is 9.79 Å². The maximum Gasteiger partial charge on any atom is 0.353 e. The number of rotatable bonds is 8. The van der Waals surface area contributed by atoms with Crippen LogP contribution in [0.5, 0.6) is 0 Å². The average molecular weight is 567 g/mol. The Bertz CT molecular complexity index is 1310. The van der Waals surface area contributed by atoms with Gasteiger partial charge in [-0.2, -0.15) is 9.36 Å². The lowest BCUT2D eigenvalue weighted by Gasteiger charge is -2.55. The zero-order chi connectivity index (χ0) is 27.1. The second-order valence-corrected chi connectivity index (χ2v) is 9.94. The highest BCUT2D eigenvalue weighted by Gasteiger charge is 2.65. The summed E-state index contributed by atoms with van der Waals surface area (Å²) >= 11 is 7.18. The lowest BCUT2D eigenvalue weighted by atomic mass is 9.87. The Kier molecular flexibility index (Phi) is 7.18. The van der Waals surface area contributed by atoms with Crippen molar-refractivity contribution in [1.82, 2.24) is 24.5 Å². The van der Waals surface area contributed by atoms with E-state index in [1.165, 1.54) is 16.7 Å². The van der Waals surface area contributed by atoms with E-state index in [-0.39, 0.29) is 52.0 Å². The summed E-state index contributed by atoms with van der Waals surface area (Å²) in [6, 6.07) is 0. The van der Waals surface area contributed by atoms with Crippen LogP contribution in [0.3, 0.4) is 0 Å². The van der Waals surface area contributed by atoms with Crippen molar-refractivity contribution in [3.05, 3.63) is 28.9 Å².